The second kappa shape index (κ2) is 9.14. The molecule has 3 aromatic rings. The number of carbonyl (C=O) groups excluding carboxylic acids is 2. The van der Waals surface area contributed by atoms with Gasteiger partial charge in [-0.1, -0.05) is 24.3 Å². The van der Waals surface area contributed by atoms with Crippen molar-refractivity contribution in [1.82, 2.24) is 0 Å². The average Bonchev–Trinajstić information content (AvgIpc) is 2.78. The van der Waals surface area contributed by atoms with Gasteiger partial charge in [-0.25, -0.2) is 0 Å². The Morgan fingerprint density at radius 1 is 0.938 bits per heavy atom. The Balaban J connectivity index is 1.72. The summed E-state index contributed by atoms with van der Waals surface area (Å²) >= 11 is 0. The molecule has 6 heteroatoms. The van der Waals surface area contributed by atoms with Gasteiger partial charge in [-0.3, -0.25) is 9.59 Å². The molecule has 1 unspecified atom stereocenters. The van der Waals surface area contributed by atoms with Gasteiger partial charge in [-0.2, -0.15) is 0 Å². The Bertz CT molecular complexity index is 1160. The van der Waals surface area contributed by atoms with Crippen molar-refractivity contribution >= 4 is 28.9 Å². The van der Waals surface area contributed by atoms with Crippen molar-refractivity contribution in [2.75, 3.05) is 29.2 Å². The van der Waals surface area contributed by atoms with E-state index in [4.69, 9.17) is 4.74 Å². The zero-order valence-electron chi connectivity index (χ0n) is 18.5. The van der Waals surface area contributed by atoms with Gasteiger partial charge in [0.15, 0.2) is 0 Å². The Labute approximate surface area is 188 Å². The Hall–Kier alpha value is -3.80. The smallest absolute Gasteiger partial charge is 0.223 e. The van der Waals surface area contributed by atoms with Crippen molar-refractivity contribution in [2.24, 2.45) is 0 Å². The Morgan fingerprint density at radius 3 is 2.44 bits per heavy atom. The third kappa shape index (κ3) is 4.59. The number of anilines is 3. The van der Waals surface area contributed by atoms with E-state index in [0.717, 1.165) is 45.9 Å². The maximum Gasteiger partial charge on any atom is 0.223 e. The number of nitrogens with one attached hydrogen (secondary N) is 2. The lowest BCUT2D eigenvalue weighted by Crippen LogP contribution is -2.36. The zero-order chi connectivity index (χ0) is 22.7. The van der Waals surface area contributed by atoms with Crippen LogP contribution in [0.5, 0.6) is 5.75 Å². The molecule has 4 rings (SSSR count). The summed E-state index contributed by atoms with van der Waals surface area (Å²) in [4.78, 5) is 25.5. The van der Waals surface area contributed by atoms with E-state index in [0.29, 0.717) is 6.54 Å². The minimum absolute atomic E-state index is 0.0338. The fourth-order valence-electron chi connectivity index (χ4n) is 4.16. The molecule has 1 atom stereocenters. The number of rotatable bonds is 5. The average molecular weight is 430 g/mol. The highest BCUT2D eigenvalue weighted by Gasteiger charge is 2.27. The number of hydrogen-bond donors (Lipinski definition) is 2. The van der Waals surface area contributed by atoms with E-state index in [1.165, 1.54) is 6.92 Å². The number of carbonyl (C=O) groups is 2. The van der Waals surface area contributed by atoms with Crippen LogP contribution in [-0.2, 0) is 9.59 Å². The van der Waals surface area contributed by atoms with Crippen molar-refractivity contribution < 1.29 is 14.3 Å². The van der Waals surface area contributed by atoms with Crippen LogP contribution in [-0.4, -0.2) is 25.5 Å². The van der Waals surface area contributed by atoms with Gasteiger partial charge < -0.3 is 20.3 Å². The fraction of sp³-hybridized carbons (Fsp3) is 0.231. The van der Waals surface area contributed by atoms with Crippen LogP contribution in [0.2, 0.25) is 0 Å². The maximum atomic E-state index is 12.3. The highest BCUT2D eigenvalue weighted by Crippen LogP contribution is 2.39. The van der Waals surface area contributed by atoms with Crippen LogP contribution >= 0.6 is 0 Å². The molecule has 1 aliphatic heterocycles. The van der Waals surface area contributed by atoms with Crippen molar-refractivity contribution in [3.63, 3.8) is 0 Å². The van der Waals surface area contributed by atoms with Crippen LogP contribution in [0.15, 0.2) is 66.7 Å². The lowest BCUT2D eigenvalue weighted by molar-refractivity contribution is -0.116. The molecule has 0 bridgehead atoms. The molecular formula is C26H27N3O3. The summed E-state index contributed by atoms with van der Waals surface area (Å²) in [6.45, 7) is 3.75. The normalized spacial score (nSPS) is 15.0. The van der Waals surface area contributed by atoms with E-state index < -0.39 is 0 Å². The molecule has 2 amide bonds. The van der Waals surface area contributed by atoms with Crippen molar-refractivity contribution in [3.8, 4) is 16.9 Å². The minimum atomic E-state index is -0.104. The number of fused-ring (bicyclic) bond motifs is 1. The third-order valence-corrected chi connectivity index (χ3v) is 5.64. The quantitative estimate of drug-likeness (QED) is 0.583. The third-order valence-electron chi connectivity index (χ3n) is 5.64. The summed E-state index contributed by atoms with van der Waals surface area (Å²) in [5.74, 6) is 0.721. The van der Waals surface area contributed by atoms with Gasteiger partial charge in [0.05, 0.1) is 13.2 Å². The highest BCUT2D eigenvalue weighted by atomic mass is 16.5. The molecule has 1 aliphatic rings. The molecule has 0 saturated carbocycles. The van der Waals surface area contributed by atoms with Gasteiger partial charge in [0, 0.05) is 43.5 Å². The predicted molar refractivity (Wildman–Crippen MR) is 128 cm³/mol. The lowest BCUT2D eigenvalue weighted by atomic mass is 9.92. The summed E-state index contributed by atoms with van der Waals surface area (Å²) in [6, 6.07) is 21.8. The molecule has 1 heterocycles. The predicted octanol–water partition coefficient (Wildman–Crippen LogP) is 5.23. The fourth-order valence-corrected chi connectivity index (χ4v) is 4.16. The van der Waals surface area contributed by atoms with E-state index in [1.54, 1.807) is 14.0 Å². The monoisotopic (exact) mass is 429 g/mol. The maximum absolute atomic E-state index is 12.3. The van der Waals surface area contributed by atoms with E-state index in [-0.39, 0.29) is 17.9 Å². The van der Waals surface area contributed by atoms with E-state index in [2.05, 4.69) is 16.7 Å². The van der Waals surface area contributed by atoms with Gasteiger partial charge in [0.1, 0.15) is 5.75 Å². The summed E-state index contributed by atoms with van der Waals surface area (Å²) in [5.41, 5.74) is 5.74. The van der Waals surface area contributed by atoms with Crippen molar-refractivity contribution in [3.05, 3.63) is 72.3 Å². The van der Waals surface area contributed by atoms with Crippen molar-refractivity contribution in [1.29, 1.82) is 0 Å². The Morgan fingerprint density at radius 2 is 1.69 bits per heavy atom. The topological polar surface area (TPSA) is 70.7 Å². The Kier molecular flexibility index (Phi) is 6.12. The molecule has 32 heavy (non-hydrogen) atoms. The van der Waals surface area contributed by atoms with Crippen LogP contribution in [0.25, 0.3) is 11.1 Å². The summed E-state index contributed by atoms with van der Waals surface area (Å²) < 4.78 is 5.35. The second-order valence-electron chi connectivity index (χ2n) is 7.92. The lowest BCUT2D eigenvalue weighted by Gasteiger charge is -2.35. The first-order valence-corrected chi connectivity index (χ1v) is 10.7. The second-order valence-corrected chi connectivity index (χ2v) is 7.92. The minimum Gasteiger partial charge on any atom is -0.497 e. The van der Waals surface area contributed by atoms with Gasteiger partial charge >= 0.3 is 0 Å². The number of nitrogens with zero attached hydrogens (tertiary/aromatic N) is 1. The molecular weight excluding hydrogens is 402 g/mol. The molecule has 0 fully saturated rings. The van der Waals surface area contributed by atoms with E-state index in [1.807, 2.05) is 65.6 Å². The molecule has 0 saturated heterocycles. The van der Waals surface area contributed by atoms with Gasteiger partial charge in [-0.15, -0.1) is 0 Å². The van der Waals surface area contributed by atoms with Gasteiger partial charge in [0.25, 0.3) is 0 Å². The molecule has 6 nitrogen and oxygen atoms in total. The zero-order valence-corrected chi connectivity index (χ0v) is 18.5. The standard InChI is InChI=1S/C26H27N3O3/c1-17(30)27-21-7-4-6-19(14-21)20-10-11-26-24(15-20)25(12-13-29(26)18(2)31)28-22-8-5-9-23(16-22)32-3/h4-11,14-16,25,28H,12-13H2,1-3H3,(H,27,30). The molecule has 164 valence electrons. The van der Waals surface area contributed by atoms with E-state index >= 15 is 0 Å². The van der Waals surface area contributed by atoms with Crippen LogP contribution in [0, 0.1) is 0 Å². The first-order chi connectivity index (χ1) is 15.4. The van der Waals surface area contributed by atoms with Gasteiger partial charge in [0.2, 0.25) is 11.8 Å². The first kappa shape index (κ1) is 21.4. The molecule has 3 aromatic carbocycles. The molecule has 2 N–H and O–H groups in total. The highest BCUT2D eigenvalue weighted by molar-refractivity contribution is 5.94. The van der Waals surface area contributed by atoms with Crippen LogP contribution in [0.4, 0.5) is 17.1 Å². The van der Waals surface area contributed by atoms with Gasteiger partial charge in [-0.05, 0) is 59.5 Å². The summed E-state index contributed by atoms with van der Waals surface area (Å²) in [5, 5.41) is 6.45. The van der Waals surface area contributed by atoms with Crippen LogP contribution in [0.1, 0.15) is 31.9 Å². The van der Waals surface area contributed by atoms with Crippen LogP contribution in [0.3, 0.4) is 0 Å². The SMILES string of the molecule is COc1cccc(NC2CCN(C(C)=O)c3ccc(-c4cccc(NC(C)=O)c4)cc32)c1. The molecule has 0 radical (unpaired) electrons. The number of benzene rings is 3. The summed E-state index contributed by atoms with van der Waals surface area (Å²) in [7, 11) is 1.65. The molecule has 0 aliphatic carbocycles. The number of methoxy groups -OCH3 is 1. The number of ether oxygens (including phenoxy) is 1. The van der Waals surface area contributed by atoms with Crippen LogP contribution < -0.4 is 20.3 Å². The van der Waals surface area contributed by atoms with Crippen molar-refractivity contribution in [2.45, 2.75) is 26.3 Å². The molecule has 0 aromatic heterocycles. The summed E-state index contributed by atoms with van der Waals surface area (Å²) in [6.07, 6.45) is 0.791. The molecule has 0 spiro atoms. The largest absolute Gasteiger partial charge is 0.497 e. The number of hydrogen-bond acceptors (Lipinski definition) is 4. The van der Waals surface area contributed by atoms with E-state index in [9.17, 15) is 9.59 Å². The number of amides is 2. The first-order valence-electron chi connectivity index (χ1n) is 10.7.